The molecule has 0 atom stereocenters. The molecule has 4 nitrogen and oxygen atoms in total. The lowest BCUT2D eigenvalue weighted by Crippen LogP contribution is -1.86. The summed E-state index contributed by atoms with van der Waals surface area (Å²) >= 11 is 0. The van der Waals surface area contributed by atoms with Crippen molar-refractivity contribution in [3.05, 3.63) is 52.7 Å². The van der Waals surface area contributed by atoms with Gasteiger partial charge in [0.1, 0.15) is 0 Å². The van der Waals surface area contributed by atoms with Crippen molar-refractivity contribution in [1.29, 1.82) is 0 Å². The third-order valence-corrected chi connectivity index (χ3v) is 2.24. The first-order valence-corrected chi connectivity index (χ1v) is 4.57. The summed E-state index contributed by atoms with van der Waals surface area (Å²) in [6, 6.07) is 6.69. The molecule has 2 aromatic rings. The van der Waals surface area contributed by atoms with Crippen LogP contribution in [-0.2, 0) is 6.42 Å². The Balaban J connectivity index is 2.51. The molecule has 0 aliphatic rings. The first kappa shape index (κ1) is 9.45. The van der Waals surface area contributed by atoms with Gasteiger partial charge in [-0.1, -0.05) is 6.08 Å². The minimum atomic E-state index is -0.389. The van der Waals surface area contributed by atoms with Crippen LogP contribution in [0, 0.1) is 10.1 Å². The smallest absolute Gasteiger partial charge is 0.270 e. The molecule has 0 radical (unpaired) electrons. The highest BCUT2D eigenvalue weighted by molar-refractivity contribution is 5.82. The van der Waals surface area contributed by atoms with Crippen molar-refractivity contribution in [2.24, 2.45) is 0 Å². The Labute approximate surface area is 86.4 Å². The van der Waals surface area contributed by atoms with Crippen LogP contribution in [0.4, 0.5) is 5.69 Å². The molecule has 0 saturated carbocycles. The predicted molar refractivity (Wildman–Crippen MR) is 58.9 cm³/mol. The second kappa shape index (κ2) is 3.57. The highest BCUT2D eigenvalue weighted by Crippen LogP contribution is 2.21. The van der Waals surface area contributed by atoms with Crippen molar-refractivity contribution in [3.8, 4) is 0 Å². The molecule has 15 heavy (non-hydrogen) atoms. The van der Waals surface area contributed by atoms with Crippen LogP contribution < -0.4 is 0 Å². The van der Waals surface area contributed by atoms with Crippen LogP contribution in [0.3, 0.4) is 0 Å². The zero-order chi connectivity index (χ0) is 10.8. The normalized spacial score (nSPS) is 10.4. The van der Waals surface area contributed by atoms with Gasteiger partial charge in [0.2, 0.25) is 0 Å². The molecule has 0 unspecified atom stereocenters. The van der Waals surface area contributed by atoms with E-state index in [2.05, 4.69) is 11.6 Å². The van der Waals surface area contributed by atoms with Crippen molar-refractivity contribution in [3.63, 3.8) is 0 Å². The number of nitro groups is 1. The number of nitrogens with one attached hydrogen (secondary N) is 1. The number of hydrogen-bond donors (Lipinski definition) is 1. The van der Waals surface area contributed by atoms with Crippen LogP contribution in [0.1, 0.15) is 5.69 Å². The first-order chi connectivity index (χ1) is 7.20. The average Bonchev–Trinajstić information content (AvgIpc) is 2.59. The summed E-state index contributed by atoms with van der Waals surface area (Å²) in [5, 5.41) is 11.4. The molecular formula is C11H10N2O2. The second-order valence-electron chi connectivity index (χ2n) is 3.32. The zero-order valence-corrected chi connectivity index (χ0v) is 8.06. The molecule has 0 aliphatic carbocycles. The molecule has 0 spiro atoms. The number of allylic oxidation sites excluding steroid dienone is 1. The highest BCUT2D eigenvalue weighted by Gasteiger charge is 2.07. The Morgan fingerprint density at radius 1 is 1.47 bits per heavy atom. The number of rotatable bonds is 3. The quantitative estimate of drug-likeness (QED) is 0.472. The molecule has 76 valence electrons. The number of benzene rings is 1. The lowest BCUT2D eigenvalue weighted by atomic mass is 10.2. The monoisotopic (exact) mass is 202 g/mol. The number of nitro benzene ring substituents is 1. The second-order valence-corrected chi connectivity index (χ2v) is 3.32. The molecule has 1 aromatic carbocycles. The van der Waals surface area contributed by atoms with Gasteiger partial charge in [0, 0.05) is 35.2 Å². The van der Waals surface area contributed by atoms with Crippen LogP contribution >= 0.6 is 0 Å². The molecular weight excluding hydrogens is 192 g/mol. The summed E-state index contributed by atoms with van der Waals surface area (Å²) in [6.07, 6.45) is 2.53. The maximum Gasteiger partial charge on any atom is 0.270 e. The first-order valence-electron chi connectivity index (χ1n) is 4.57. The summed E-state index contributed by atoms with van der Waals surface area (Å²) in [7, 11) is 0. The van der Waals surface area contributed by atoms with E-state index in [0.29, 0.717) is 0 Å². The number of fused-ring (bicyclic) bond motifs is 1. The summed E-state index contributed by atoms with van der Waals surface area (Å²) < 4.78 is 0. The number of H-pyrrole nitrogens is 1. The van der Waals surface area contributed by atoms with Gasteiger partial charge >= 0.3 is 0 Å². The van der Waals surface area contributed by atoms with E-state index >= 15 is 0 Å². The van der Waals surface area contributed by atoms with Crippen LogP contribution in [0.2, 0.25) is 0 Å². The molecule has 0 aliphatic heterocycles. The van der Waals surface area contributed by atoms with Gasteiger partial charge in [-0.15, -0.1) is 6.58 Å². The van der Waals surface area contributed by atoms with E-state index in [-0.39, 0.29) is 10.6 Å². The fraction of sp³-hybridized carbons (Fsp3) is 0.0909. The summed E-state index contributed by atoms with van der Waals surface area (Å²) in [5.74, 6) is 0. The fourth-order valence-corrected chi connectivity index (χ4v) is 1.56. The van der Waals surface area contributed by atoms with Gasteiger partial charge in [0.15, 0.2) is 0 Å². The molecule has 1 aromatic heterocycles. The van der Waals surface area contributed by atoms with Gasteiger partial charge in [-0.3, -0.25) is 10.1 Å². The number of aromatic nitrogens is 1. The van der Waals surface area contributed by atoms with Crippen molar-refractivity contribution < 1.29 is 4.92 Å². The molecule has 0 fully saturated rings. The van der Waals surface area contributed by atoms with Crippen molar-refractivity contribution >= 4 is 16.6 Å². The van der Waals surface area contributed by atoms with E-state index in [9.17, 15) is 10.1 Å². The maximum absolute atomic E-state index is 10.6. The Morgan fingerprint density at radius 3 is 2.93 bits per heavy atom. The Hall–Kier alpha value is -2.10. The number of aromatic amines is 1. The summed E-state index contributed by atoms with van der Waals surface area (Å²) in [4.78, 5) is 13.3. The van der Waals surface area contributed by atoms with Gasteiger partial charge in [-0.2, -0.15) is 0 Å². The van der Waals surface area contributed by atoms with Crippen LogP contribution in [0.25, 0.3) is 10.9 Å². The topological polar surface area (TPSA) is 58.9 Å². The lowest BCUT2D eigenvalue weighted by molar-refractivity contribution is -0.384. The molecule has 0 saturated heterocycles. The van der Waals surface area contributed by atoms with Gasteiger partial charge in [0.25, 0.3) is 5.69 Å². The largest absolute Gasteiger partial charge is 0.358 e. The standard InChI is InChI=1S/C11H10N2O2/c1-2-3-9-6-8-7-10(13(14)15)4-5-11(8)12-9/h2,4-7,12H,1,3H2. The molecule has 1 N–H and O–H groups in total. The SMILES string of the molecule is C=CCc1cc2cc([N+](=O)[O-])ccc2[nH]1. The Morgan fingerprint density at radius 2 is 2.27 bits per heavy atom. The van der Waals surface area contributed by atoms with E-state index in [0.717, 1.165) is 23.0 Å². The molecule has 1 heterocycles. The van der Waals surface area contributed by atoms with Crippen LogP contribution in [-0.4, -0.2) is 9.91 Å². The number of non-ortho nitro benzene ring substituents is 1. The molecule has 2 rings (SSSR count). The van der Waals surface area contributed by atoms with Crippen LogP contribution in [0.5, 0.6) is 0 Å². The summed E-state index contributed by atoms with van der Waals surface area (Å²) in [6.45, 7) is 3.64. The highest BCUT2D eigenvalue weighted by atomic mass is 16.6. The molecule has 4 heteroatoms. The number of hydrogen-bond acceptors (Lipinski definition) is 2. The average molecular weight is 202 g/mol. The summed E-state index contributed by atoms with van der Waals surface area (Å²) in [5.41, 5.74) is 2.05. The minimum Gasteiger partial charge on any atom is -0.358 e. The van der Waals surface area contributed by atoms with Gasteiger partial charge in [-0.25, -0.2) is 0 Å². The number of nitrogens with zero attached hydrogens (tertiary/aromatic N) is 1. The minimum absolute atomic E-state index is 0.117. The van der Waals surface area contributed by atoms with Crippen molar-refractivity contribution in [2.45, 2.75) is 6.42 Å². The predicted octanol–water partition coefficient (Wildman–Crippen LogP) is 2.80. The van der Waals surface area contributed by atoms with E-state index < -0.39 is 0 Å². The Kier molecular flexibility index (Phi) is 2.25. The fourth-order valence-electron chi connectivity index (χ4n) is 1.56. The van der Waals surface area contributed by atoms with E-state index in [4.69, 9.17) is 0 Å². The van der Waals surface area contributed by atoms with E-state index in [1.807, 2.05) is 6.07 Å². The van der Waals surface area contributed by atoms with Crippen LogP contribution in [0.15, 0.2) is 36.9 Å². The van der Waals surface area contributed by atoms with Gasteiger partial charge in [0.05, 0.1) is 4.92 Å². The molecule has 0 bridgehead atoms. The van der Waals surface area contributed by atoms with Gasteiger partial charge < -0.3 is 4.98 Å². The Bertz CT molecular complexity index is 528. The third kappa shape index (κ3) is 1.74. The lowest BCUT2D eigenvalue weighted by Gasteiger charge is -1.90. The van der Waals surface area contributed by atoms with Gasteiger partial charge in [-0.05, 0) is 12.1 Å². The van der Waals surface area contributed by atoms with Crippen molar-refractivity contribution in [2.75, 3.05) is 0 Å². The third-order valence-electron chi connectivity index (χ3n) is 2.24. The molecule has 0 amide bonds. The zero-order valence-electron chi connectivity index (χ0n) is 8.06. The van der Waals surface area contributed by atoms with E-state index in [1.54, 1.807) is 18.2 Å². The van der Waals surface area contributed by atoms with E-state index in [1.165, 1.54) is 6.07 Å². The van der Waals surface area contributed by atoms with Crippen molar-refractivity contribution in [1.82, 2.24) is 4.98 Å². The maximum atomic E-state index is 10.6.